The van der Waals surface area contributed by atoms with Crippen LogP contribution in [0.4, 0.5) is 8.78 Å². The number of benzene rings is 1. The summed E-state index contributed by atoms with van der Waals surface area (Å²) in [7, 11) is 1.66. The van der Waals surface area contributed by atoms with E-state index in [9.17, 15) is 13.6 Å². The van der Waals surface area contributed by atoms with Gasteiger partial charge in [0.25, 0.3) is 6.01 Å². The highest BCUT2D eigenvalue weighted by Gasteiger charge is 2.19. The van der Waals surface area contributed by atoms with Gasteiger partial charge < -0.3 is 9.73 Å². The number of hydrogen-bond donors (Lipinski definition) is 1. The normalized spacial score (nSPS) is 12.9. The Hall–Kier alpha value is -1.75. The molecule has 3 nitrogen and oxygen atoms in total. The van der Waals surface area contributed by atoms with Crippen LogP contribution >= 0.6 is 0 Å². The Morgan fingerprint density at radius 3 is 2.72 bits per heavy atom. The molecule has 1 aromatic heterocycles. The SMILES string of the molecule is CCC(NC)C(=O)c1cc(F)c2cc(F)oc2c1. The average molecular weight is 253 g/mol. The maximum atomic E-state index is 13.7. The molecule has 5 heteroatoms. The van der Waals surface area contributed by atoms with E-state index in [1.165, 1.54) is 6.07 Å². The second-order valence-electron chi connectivity index (χ2n) is 4.03. The summed E-state index contributed by atoms with van der Waals surface area (Å²) >= 11 is 0. The minimum Gasteiger partial charge on any atom is -0.431 e. The molecule has 2 rings (SSSR count). The van der Waals surface area contributed by atoms with Crippen LogP contribution < -0.4 is 5.32 Å². The van der Waals surface area contributed by atoms with Gasteiger partial charge in [0.2, 0.25) is 0 Å². The van der Waals surface area contributed by atoms with Crippen LogP contribution in [0.1, 0.15) is 23.7 Å². The van der Waals surface area contributed by atoms with Gasteiger partial charge >= 0.3 is 0 Å². The van der Waals surface area contributed by atoms with Crippen LogP contribution in [0, 0.1) is 11.8 Å². The van der Waals surface area contributed by atoms with Crippen molar-refractivity contribution in [3.05, 3.63) is 35.6 Å². The summed E-state index contributed by atoms with van der Waals surface area (Å²) in [6.07, 6.45) is 0.585. The molecule has 1 aromatic carbocycles. The van der Waals surface area contributed by atoms with E-state index < -0.39 is 11.8 Å². The van der Waals surface area contributed by atoms with E-state index in [0.717, 1.165) is 12.1 Å². The van der Waals surface area contributed by atoms with Crippen molar-refractivity contribution in [3.63, 3.8) is 0 Å². The first kappa shape index (κ1) is 12.7. The molecule has 0 aliphatic carbocycles. The van der Waals surface area contributed by atoms with E-state index >= 15 is 0 Å². The first-order valence-electron chi connectivity index (χ1n) is 5.67. The van der Waals surface area contributed by atoms with Gasteiger partial charge in [-0.05, 0) is 25.6 Å². The van der Waals surface area contributed by atoms with Crippen LogP contribution in [-0.2, 0) is 0 Å². The summed E-state index contributed by atoms with van der Waals surface area (Å²) in [5.41, 5.74) is 0.220. The number of likely N-dealkylation sites (N-methyl/N-ethyl adjacent to an activating group) is 1. The molecule has 0 saturated heterocycles. The third-order valence-corrected chi connectivity index (χ3v) is 2.91. The molecule has 96 valence electrons. The first-order valence-corrected chi connectivity index (χ1v) is 5.67. The van der Waals surface area contributed by atoms with Gasteiger partial charge in [-0.15, -0.1) is 0 Å². The lowest BCUT2D eigenvalue weighted by Gasteiger charge is -2.12. The average Bonchev–Trinajstić information content (AvgIpc) is 2.71. The molecule has 0 aliphatic rings. The predicted octanol–water partition coefficient (Wildman–Crippen LogP) is 2.89. The van der Waals surface area contributed by atoms with E-state index in [2.05, 4.69) is 5.32 Å². The zero-order valence-corrected chi connectivity index (χ0v) is 10.1. The van der Waals surface area contributed by atoms with E-state index in [4.69, 9.17) is 4.42 Å². The zero-order valence-electron chi connectivity index (χ0n) is 10.1. The maximum absolute atomic E-state index is 13.7. The molecule has 0 spiro atoms. The number of halogens is 2. The van der Waals surface area contributed by atoms with Gasteiger partial charge in [0.05, 0.1) is 11.4 Å². The Bertz CT molecular complexity index is 588. The molecular weight excluding hydrogens is 240 g/mol. The Balaban J connectivity index is 2.49. The fourth-order valence-electron chi connectivity index (χ4n) is 1.93. The monoisotopic (exact) mass is 253 g/mol. The fraction of sp³-hybridized carbons (Fsp3) is 0.308. The van der Waals surface area contributed by atoms with Gasteiger partial charge in [0.15, 0.2) is 5.78 Å². The number of furan rings is 1. The molecule has 0 aliphatic heterocycles. The molecule has 0 fully saturated rings. The van der Waals surface area contributed by atoms with Crippen LogP contribution in [0.25, 0.3) is 11.0 Å². The summed E-state index contributed by atoms with van der Waals surface area (Å²) in [5, 5.41) is 2.89. The second-order valence-corrected chi connectivity index (χ2v) is 4.03. The molecule has 18 heavy (non-hydrogen) atoms. The maximum Gasteiger partial charge on any atom is 0.278 e. The second kappa shape index (κ2) is 4.86. The van der Waals surface area contributed by atoms with Crippen molar-refractivity contribution in [2.24, 2.45) is 0 Å². The summed E-state index contributed by atoms with van der Waals surface area (Å²) in [4.78, 5) is 12.0. The van der Waals surface area contributed by atoms with Gasteiger partial charge in [0.1, 0.15) is 11.4 Å². The van der Waals surface area contributed by atoms with Crippen LogP contribution in [-0.4, -0.2) is 18.9 Å². The number of ketones is 1. The van der Waals surface area contributed by atoms with Crippen molar-refractivity contribution in [1.82, 2.24) is 5.32 Å². The predicted molar refractivity (Wildman–Crippen MR) is 63.6 cm³/mol. The molecule has 1 heterocycles. The largest absolute Gasteiger partial charge is 0.431 e. The molecule has 2 aromatic rings. The zero-order chi connectivity index (χ0) is 13.3. The number of nitrogens with one attached hydrogen (secondary N) is 1. The van der Waals surface area contributed by atoms with Crippen molar-refractivity contribution < 1.29 is 18.0 Å². The summed E-state index contributed by atoms with van der Waals surface area (Å²) in [5.74, 6) is -0.896. The molecular formula is C13H13F2NO2. The Morgan fingerprint density at radius 1 is 1.39 bits per heavy atom. The highest BCUT2D eigenvalue weighted by atomic mass is 19.1. The molecule has 0 radical (unpaired) electrons. The van der Waals surface area contributed by atoms with Crippen molar-refractivity contribution in [2.45, 2.75) is 19.4 Å². The Morgan fingerprint density at radius 2 is 2.11 bits per heavy atom. The van der Waals surface area contributed by atoms with Crippen LogP contribution in [0.15, 0.2) is 22.6 Å². The Kier molecular flexibility index (Phi) is 3.43. The fourth-order valence-corrected chi connectivity index (χ4v) is 1.93. The van der Waals surface area contributed by atoms with Crippen LogP contribution in [0.5, 0.6) is 0 Å². The topological polar surface area (TPSA) is 42.2 Å². The van der Waals surface area contributed by atoms with Crippen LogP contribution in [0.2, 0.25) is 0 Å². The first-order chi connectivity index (χ1) is 8.56. The molecule has 0 saturated carbocycles. The van der Waals surface area contributed by atoms with Crippen molar-refractivity contribution in [3.8, 4) is 0 Å². The number of carbonyl (C=O) groups is 1. The van der Waals surface area contributed by atoms with E-state index in [0.29, 0.717) is 6.42 Å². The Labute approximate surface area is 103 Å². The lowest BCUT2D eigenvalue weighted by molar-refractivity contribution is 0.0944. The summed E-state index contributed by atoms with van der Waals surface area (Å²) in [6.45, 7) is 1.85. The number of hydrogen-bond acceptors (Lipinski definition) is 3. The summed E-state index contributed by atoms with van der Waals surface area (Å²) < 4.78 is 31.3. The minimum absolute atomic E-state index is 0.0431. The van der Waals surface area contributed by atoms with Gasteiger partial charge in [-0.25, -0.2) is 4.39 Å². The standard InChI is InChI=1S/C13H13F2NO2/c1-3-10(16-2)13(17)7-4-9(14)8-6-12(15)18-11(8)5-7/h4-6,10,16H,3H2,1-2H3. The number of rotatable bonds is 4. The lowest BCUT2D eigenvalue weighted by atomic mass is 10.0. The molecule has 0 bridgehead atoms. The van der Waals surface area contributed by atoms with Crippen LogP contribution in [0.3, 0.4) is 0 Å². The lowest BCUT2D eigenvalue weighted by Crippen LogP contribution is -2.33. The molecule has 0 amide bonds. The van der Waals surface area contributed by atoms with Crippen molar-refractivity contribution in [2.75, 3.05) is 7.05 Å². The third kappa shape index (κ3) is 2.13. The highest BCUT2D eigenvalue weighted by molar-refractivity contribution is 6.02. The van der Waals surface area contributed by atoms with Crippen molar-refractivity contribution >= 4 is 16.8 Å². The van der Waals surface area contributed by atoms with Crippen molar-refractivity contribution in [1.29, 1.82) is 0 Å². The van der Waals surface area contributed by atoms with E-state index in [1.54, 1.807) is 7.05 Å². The van der Waals surface area contributed by atoms with Gasteiger partial charge in [0, 0.05) is 11.6 Å². The quantitative estimate of drug-likeness (QED) is 0.852. The number of fused-ring (bicyclic) bond motifs is 1. The molecule has 1 N–H and O–H groups in total. The third-order valence-electron chi connectivity index (χ3n) is 2.91. The molecule has 1 unspecified atom stereocenters. The highest BCUT2D eigenvalue weighted by Crippen LogP contribution is 2.24. The molecule has 1 atom stereocenters. The smallest absolute Gasteiger partial charge is 0.278 e. The number of Topliss-reactive ketones (excluding diaryl/α,β-unsaturated/α-hetero) is 1. The van der Waals surface area contributed by atoms with E-state index in [1.807, 2.05) is 6.92 Å². The van der Waals surface area contributed by atoms with Gasteiger partial charge in [-0.2, -0.15) is 4.39 Å². The van der Waals surface area contributed by atoms with Gasteiger partial charge in [-0.1, -0.05) is 6.92 Å². The summed E-state index contributed by atoms with van der Waals surface area (Å²) in [6, 6.07) is 2.19. The number of carbonyl (C=O) groups excluding carboxylic acids is 1. The minimum atomic E-state index is -0.867. The van der Waals surface area contributed by atoms with Gasteiger partial charge in [-0.3, -0.25) is 4.79 Å². The van der Waals surface area contributed by atoms with E-state index in [-0.39, 0.29) is 28.4 Å².